The van der Waals surface area contributed by atoms with Crippen LogP contribution in [0.15, 0.2) is 24.3 Å². The van der Waals surface area contributed by atoms with E-state index >= 15 is 0 Å². The molecule has 0 amide bonds. The van der Waals surface area contributed by atoms with E-state index in [1.807, 2.05) is 19.9 Å². The fourth-order valence-corrected chi connectivity index (χ4v) is 2.46. The highest BCUT2D eigenvalue weighted by Gasteiger charge is 2.25. The van der Waals surface area contributed by atoms with Gasteiger partial charge in [-0.1, -0.05) is 24.3 Å². The first-order chi connectivity index (χ1) is 8.72. The van der Waals surface area contributed by atoms with Crippen molar-refractivity contribution in [1.82, 2.24) is 0 Å². The normalized spacial score (nSPS) is 22.3. The van der Waals surface area contributed by atoms with Gasteiger partial charge in [0.1, 0.15) is 0 Å². The summed E-state index contributed by atoms with van der Waals surface area (Å²) < 4.78 is 11.2. The first kappa shape index (κ1) is 13.5. The van der Waals surface area contributed by atoms with E-state index in [9.17, 15) is 5.11 Å². The van der Waals surface area contributed by atoms with E-state index in [2.05, 4.69) is 18.2 Å². The lowest BCUT2D eigenvalue weighted by atomic mass is 9.93. The van der Waals surface area contributed by atoms with Crippen LogP contribution in [0.2, 0.25) is 0 Å². The number of fused-ring (bicyclic) bond motifs is 1. The van der Waals surface area contributed by atoms with Crippen LogP contribution >= 0.6 is 0 Å². The molecule has 1 aromatic carbocycles. The van der Waals surface area contributed by atoms with E-state index in [-0.39, 0.29) is 12.2 Å². The van der Waals surface area contributed by atoms with Crippen molar-refractivity contribution in [3.8, 4) is 0 Å². The molecule has 2 rings (SSSR count). The van der Waals surface area contributed by atoms with E-state index in [1.165, 1.54) is 11.1 Å². The quantitative estimate of drug-likeness (QED) is 0.872. The van der Waals surface area contributed by atoms with Gasteiger partial charge in [0.15, 0.2) is 0 Å². The summed E-state index contributed by atoms with van der Waals surface area (Å²) in [5.74, 6) is 0. The van der Waals surface area contributed by atoms with Gasteiger partial charge in [0.2, 0.25) is 0 Å². The number of hydrogen-bond donors (Lipinski definition) is 1. The lowest BCUT2D eigenvalue weighted by Crippen LogP contribution is -2.30. The van der Waals surface area contributed by atoms with E-state index in [1.54, 1.807) is 0 Å². The number of hydrogen-bond acceptors (Lipinski definition) is 3. The topological polar surface area (TPSA) is 38.7 Å². The summed E-state index contributed by atoms with van der Waals surface area (Å²) >= 11 is 0. The van der Waals surface area contributed by atoms with Crippen LogP contribution in [-0.2, 0) is 15.9 Å². The molecule has 1 N–H and O–H groups in total. The number of aliphatic hydroxyl groups is 1. The smallest absolute Gasteiger partial charge is 0.0853 e. The maximum absolute atomic E-state index is 10.1. The largest absolute Gasteiger partial charge is 0.390 e. The maximum Gasteiger partial charge on any atom is 0.0853 e. The lowest BCUT2D eigenvalue weighted by Gasteiger charge is -2.29. The second-order valence-corrected chi connectivity index (χ2v) is 4.77. The second kappa shape index (κ2) is 6.32. The third-order valence-corrected chi connectivity index (χ3v) is 3.52. The molecule has 0 spiro atoms. The van der Waals surface area contributed by atoms with Crippen LogP contribution in [0, 0.1) is 0 Å². The summed E-state index contributed by atoms with van der Waals surface area (Å²) in [7, 11) is 0. The molecule has 1 heterocycles. The van der Waals surface area contributed by atoms with Gasteiger partial charge in [0.25, 0.3) is 0 Å². The van der Waals surface area contributed by atoms with Gasteiger partial charge in [0.05, 0.1) is 24.9 Å². The number of ether oxygens (including phenoxy) is 2. The van der Waals surface area contributed by atoms with Gasteiger partial charge >= 0.3 is 0 Å². The molecular weight excluding hydrogens is 228 g/mol. The lowest BCUT2D eigenvalue weighted by molar-refractivity contribution is -0.0587. The highest BCUT2D eigenvalue weighted by molar-refractivity contribution is 5.30. The summed E-state index contributed by atoms with van der Waals surface area (Å²) in [5, 5.41) is 10.1. The van der Waals surface area contributed by atoms with Gasteiger partial charge < -0.3 is 14.6 Å². The third-order valence-electron chi connectivity index (χ3n) is 3.52. The van der Waals surface area contributed by atoms with E-state index < -0.39 is 6.10 Å². The van der Waals surface area contributed by atoms with Gasteiger partial charge in [-0.2, -0.15) is 0 Å². The first-order valence-corrected chi connectivity index (χ1v) is 6.71. The zero-order chi connectivity index (χ0) is 13.0. The van der Waals surface area contributed by atoms with Crippen molar-refractivity contribution >= 4 is 0 Å². The molecule has 3 unspecified atom stereocenters. The molecule has 0 bridgehead atoms. The van der Waals surface area contributed by atoms with Crippen molar-refractivity contribution in [2.24, 2.45) is 0 Å². The van der Waals surface area contributed by atoms with Gasteiger partial charge in [-0.05, 0) is 31.4 Å². The average molecular weight is 250 g/mol. The van der Waals surface area contributed by atoms with Crippen LogP contribution in [0.25, 0.3) is 0 Å². The molecule has 0 aliphatic carbocycles. The van der Waals surface area contributed by atoms with Crippen molar-refractivity contribution in [3.05, 3.63) is 35.4 Å². The molecule has 1 aliphatic rings. The number of benzene rings is 1. The Morgan fingerprint density at radius 2 is 2.22 bits per heavy atom. The predicted molar refractivity (Wildman–Crippen MR) is 70.6 cm³/mol. The highest BCUT2D eigenvalue weighted by Crippen LogP contribution is 2.31. The molecule has 0 saturated carbocycles. The average Bonchev–Trinajstić information content (AvgIpc) is 2.39. The summed E-state index contributed by atoms with van der Waals surface area (Å²) in [5.41, 5.74) is 2.55. The Morgan fingerprint density at radius 1 is 1.44 bits per heavy atom. The summed E-state index contributed by atoms with van der Waals surface area (Å²) in [4.78, 5) is 0. The van der Waals surface area contributed by atoms with Crippen LogP contribution < -0.4 is 0 Å². The van der Waals surface area contributed by atoms with Gasteiger partial charge in [-0.15, -0.1) is 0 Å². The standard InChI is InChI=1S/C15H22O3/c1-3-17-11(2)14(16)10-15-13-7-5-4-6-12(13)8-9-18-15/h4-7,11,14-16H,3,8-10H2,1-2H3. The molecule has 3 heteroatoms. The Bertz CT molecular complexity index is 378. The molecule has 1 aliphatic heterocycles. The van der Waals surface area contributed by atoms with E-state index in [0.717, 1.165) is 13.0 Å². The van der Waals surface area contributed by atoms with Crippen molar-refractivity contribution in [2.75, 3.05) is 13.2 Å². The molecular formula is C15H22O3. The molecule has 0 aromatic heterocycles. The Kier molecular flexibility index (Phi) is 4.75. The molecule has 3 nitrogen and oxygen atoms in total. The minimum Gasteiger partial charge on any atom is -0.390 e. The van der Waals surface area contributed by atoms with E-state index in [4.69, 9.17) is 9.47 Å². The summed E-state index contributed by atoms with van der Waals surface area (Å²) in [6.45, 7) is 5.20. The van der Waals surface area contributed by atoms with Crippen molar-refractivity contribution in [3.63, 3.8) is 0 Å². The van der Waals surface area contributed by atoms with Gasteiger partial charge in [-0.25, -0.2) is 0 Å². The van der Waals surface area contributed by atoms with Crippen molar-refractivity contribution < 1.29 is 14.6 Å². The molecule has 100 valence electrons. The van der Waals surface area contributed by atoms with Crippen molar-refractivity contribution in [2.45, 2.75) is 45.0 Å². The van der Waals surface area contributed by atoms with Gasteiger partial charge in [-0.3, -0.25) is 0 Å². The molecule has 3 atom stereocenters. The minimum atomic E-state index is -0.485. The fraction of sp³-hybridized carbons (Fsp3) is 0.600. The number of aliphatic hydroxyl groups excluding tert-OH is 1. The van der Waals surface area contributed by atoms with Crippen LogP contribution in [0.3, 0.4) is 0 Å². The monoisotopic (exact) mass is 250 g/mol. The number of rotatable bonds is 5. The highest BCUT2D eigenvalue weighted by atomic mass is 16.5. The van der Waals surface area contributed by atoms with E-state index in [0.29, 0.717) is 13.0 Å². The Morgan fingerprint density at radius 3 is 3.00 bits per heavy atom. The van der Waals surface area contributed by atoms with Crippen molar-refractivity contribution in [1.29, 1.82) is 0 Å². The summed E-state index contributed by atoms with van der Waals surface area (Å²) in [6.07, 6.45) is 0.920. The predicted octanol–water partition coefficient (Wildman–Crippen LogP) is 2.48. The Balaban J connectivity index is 2.02. The Labute approximate surface area is 109 Å². The molecule has 0 fully saturated rings. The first-order valence-electron chi connectivity index (χ1n) is 6.71. The second-order valence-electron chi connectivity index (χ2n) is 4.77. The summed E-state index contributed by atoms with van der Waals surface area (Å²) in [6, 6.07) is 8.32. The van der Waals surface area contributed by atoms with Crippen LogP contribution in [0.5, 0.6) is 0 Å². The SMILES string of the molecule is CCOC(C)C(O)CC1OCCc2ccccc21. The van der Waals surface area contributed by atoms with Crippen LogP contribution in [0.4, 0.5) is 0 Å². The van der Waals surface area contributed by atoms with Gasteiger partial charge in [0, 0.05) is 13.0 Å². The zero-order valence-electron chi connectivity index (χ0n) is 11.1. The molecule has 0 radical (unpaired) electrons. The third kappa shape index (κ3) is 3.10. The minimum absolute atomic E-state index is 0.00661. The Hall–Kier alpha value is -0.900. The maximum atomic E-state index is 10.1. The van der Waals surface area contributed by atoms with Crippen LogP contribution in [-0.4, -0.2) is 30.5 Å². The fourth-order valence-electron chi connectivity index (χ4n) is 2.46. The van der Waals surface area contributed by atoms with Crippen LogP contribution in [0.1, 0.15) is 37.5 Å². The molecule has 1 aromatic rings. The molecule has 0 saturated heterocycles. The zero-order valence-corrected chi connectivity index (χ0v) is 11.1. The molecule has 18 heavy (non-hydrogen) atoms.